The molecule has 4 N–H and O–H groups in total. The topological polar surface area (TPSA) is 151 Å². The number of urea groups is 1. The Bertz CT molecular complexity index is 1370. The molecule has 1 aromatic heterocycles. The lowest BCUT2D eigenvalue weighted by atomic mass is 10.1. The van der Waals surface area contributed by atoms with Crippen LogP contribution in [-0.4, -0.2) is 104 Å². The number of carbonyl (C=O) groups excluding carboxylic acids is 2. The Labute approximate surface area is 250 Å². The third kappa shape index (κ3) is 6.85. The van der Waals surface area contributed by atoms with Gasteiger partial charge >= 0.3 is 6.03 Å². The first kappa shape index (κ1) is 28.8. The van der Waals surface area contributed by atoms with Crippen molar-refractivity contribution in [2.45, 2.75) is 18.9 Å². The second-order valence-corrected chi connectivity index (χ2v) is 10.7. The van der Waals surface area contributed by atoms with Crippen molar-refractivity contribution < 1.29 is 19.1 Å². The summed E-state index contributed by atoms with van der Waals surface area (Å²) in [6.45, 7) is 6.59. The van der Waals surface area contributed by atoms with Gasteiger partial charge < -0.3 is 40.5 Å². The number of likely N-dealkylation sites (tertiary alicyclic amines) is 1. The van der Waals surface area contributed by atoms with E-state index in [1.165, 1.54) is 0 Å². The summed E-state index contributed by atoms with van der Waals surface area (Å²) in [5, 5.41) is 5.67. The fourth-order valence-corrected chi connectivity index (χ4v) is 5.50. The number of nitrogens with zero attached hydrogens (tertiary/aromatic N) is 6. The smallest absolute Gasteiger partial charge is 0.323 e. The third-order valence-corrected chi connectivity index (χ3v) is 7.90. The van der Waals surface area contributed by atoms with Crippen LogP contribution in [0.5, 0.6) is 0 Å². The largest absolute Gasteiger partial charge is 0.378 e. The summed E-state index contributed by atoms with van der Waals surface area (Å²) in [5.41, 5.74) is 8.41. The van der Waals surface area contributed by atoms with E-state index in [1.807, 2.05) is 29.2 Å². The molecule has 0 aliphatic carbocycles. The third-order valence-electron chi connectivity index (χ3n) is 7.90. The summed E-state index contributed by atoms with van der Waals surface area (Å²) in [5.74, 6) is 1.79. The first-order valence-electron chi connectivity index (χ1n) is 14.8. The summed E-state index contributed by atoms with van der Waals surface area (Å²) >= 11 is 0. The Morgan fingerprint density at radius 1 is 0.767 bits per heavy atom. The molecule has 2 aromatic carbocycles. The van der Waals surface area contributed by atoms with Gasteiger partial charge in [0.25, 0.3) is 5.91 Å². The van der Waals surface area contributed by atoms with Gasteiger partial charge in [0.1, 0.15) is 0 Å². The van der Waals surface area contributed by atoms with Gasteiger partial charge in [0.15, 0.2) is 5.82 Å². The van der Waals surface area contributed by atoms with Crippen molar-refractivity contribution in [3.63, 3.8) is 0 Å². The monoisotopic (exact) mass is 587 g/mol. The standard InChI is InChI=1S/C30H37N9O4/c31-20-25-2-1-11-39(25)27(40)22-5-9-24(10-6-22)33-30(41)32-23-7-3-21(4-8-23)26-34-28(37-12-16-42-17-13-37)36-29(35-26)38-14-18-43-19-15-38/h3-10,25H,1-2,11-20,31H2,(H2,32,33,41)/t25-/m0/s1. The van der Waals surface area contributed by atoms with Gasteiger partial charge in [-0.1, -0.05) is 0 Å². The quantitative estimate of drug-likeness (QED) is 0.376. The van der Waals surface area contributed by atoms with E-state index >= 15 is 0 Å². The molecular weight excluding hydrogens is 550 g/mol. The van der Waals surface area contributed by atoms with Gasteiger partial charge in [-0.15, -0.1) is 0 Å². The Morgan fingerprint density at radius 2 is 1.30 bits per heavy atom. The van der Waals surface area contributed by atoms with Crippen LogP contribution in [0, 0.1) is 0 Å². The van der Waals surface area contributed by atoms with E-state index in [9.17, 15) is 9.59 Å². The maximum atomic E-state index is 12.9. The summed E-state index contributed by atoms with van der Waals surface area (Å²) in [6.07, 6.45) is 1.90. The molecule has 13 heteroatoms. The molecule has 43 heavy (non-hydrogen) atoms. The van der Waals surface area contributed by atoms with Crippen molar-refractivity contribution in [2.24, 2.45) is 5.73 Å². The predicted octanol–water partition coefficient (Wildman–Crippen LogP) is 2.42. The van der Waals surface area contributed by atoms with Crippen molar-refractivity contribution >= 4 is 35.2 Å². The Hall–Kier alpha value is -4.33. The lowest BCUT2D eigenvalue weighted by molar-refractivity contribution is 0.0741. The van der Waals surface area contributed by atoms with Crippen LogP contribution in [0.2, 0.25) is 0 Å². The molecule has 0 spiro atoms. The molecule has 0 unspecified atom stereocenters. The van der Waals surface area contributed by atoms with Crippen LogP contribution >= 0.6 is 0 Å². The van der Waals surface area contributed by atoms with Gasteiger partial charge in [0.2, 0.25) is 11.9 Å². The van der Waals surface area contributed by atoms with Gasteiger partial charge in [-0.25, -0.2) is 4.79 Å². The van der Waals surface area contributed by atoms with E-state index in [0.29, 0.717) is 67.6 Å². The minimum Gasteiger partial charge on any atom is -0.378 e. The summed E-state index contributed by atoms with van der Waals surface area (Å²) in [4.78, 5) is 46.0. The van der Waals surface area contributed by atoms with E-state index in [0.717, 1.165) is 51.1 Å². The minimum atomic E-state index is -0.390. The van der Waals surface area contributed by atoms with Crippen molar-refractivity contribution in [1.29, 1.82) is 0 Å². The highest BCUT2D eigenvalue weighted by molar-refractivity contribution is 6.00. The zero-order valence-electron chi connectivity index (χ0n) is 24.1. The van der Waals surface area contributed by atoms with Gasteiger partial charge in [-0.05, 0) is 61.4 Å². The zero-order chi connectivity index (χ0) is 29.6. The van der Waals surface area contributed by atoms with Gasteiger partial charge in [-0.3, -0.25) is 4.79 Å². The van der Waals surface area contributed by atoms with Crippen LogP contribution in [0.3, 0.4) is 0 Å². The first-order valence-corrected chi connectivity index (χ1v) is 14.8. The second kappa shape index (κ2) is 13.3. The normalized spacial score (nSPS) is 18.9. The van der Waals surface area contributed by atoms with Crippen molar-refractivity contribution in [1.82, 2.24) is 19.9 Å². The Morgan fingerprint density at radius 3 is 1.84 bits per heavy atom. The number of amides is 3. The number of ether oxygens (including phenoxy) is 2. The highest BCUT2D eigenvalue weighted by atomic mass is 16.5. The van der Waals surface area contributed by atoms with Gasteiger partial charge in [0.05, 0.1) is 26.4 Å². The average molecular weight is 588 g/mol. The van der Waals surface area contributed by atoms with Gasteiger partial charge in [-0.2, -0.15) is 15.0 Å². The molecule has 1 atom stereocenters. The fraction of sp³-hybridized carbons (Fsp3) is 0.433. The molecular formula is C30H37N9O4. The highest BCUT2D eigenvalue weighted by Gasteiger charge is 2.28. The molecule has 0 saturated carbocycles. The molecule has 4 heterocycles. The lowest BCUT2D eigenvalue weighted by Gasteiger charge is -2.30. The number of carbonyl (C=O) groups is 2. The van der Waals surface area contributed by atoms with Gasteiger partial charge in [0, 0.05) is 67.8 Å². The number of rotatable bonds is 7. The van der Waals surface area contributed by atoms with Crippen molar-refractivity contribution in [2.75, 3.05) is 86.1 Å². The molecule has 6 rings (SSSR count). The predicted molar refractivity (Wildman–Crippen MR) is 164 cm³/mol. The number of anilines is 4. The first-order chi connectivity index (χ1) is 21.1. The maximum Gasteiger partial charge on any atom is 0.323 e. The molecule has 3 aliphatic heterocycles. The van der Waals surface area contributed by atoms with E-state index in [1.54, 1.807) is 24.3 Å². The molecule has 226 valence electrons. The summed E-state index contributed by atoms with van der Waals surface area (Å²) < 4.78 is 11.0. The number of morpholine rings is 2. The number of benzene rings is 2. The number of nitrogens with two attached hydrogens (primary N) is 1. The number of hydrogen-bond donors (Lipinski definition) is 3. The van der Waals surface area contributed by atoms with Crippen molar-refractivity contribution in [3.05, 3.63) is 54.1 Å². The van der Waals surface area contributed by atoms with Crippen molar-refractivity contribution in [3.8, 4) is 11.4 Å². The van der Waals surface area contributed by atoms with Crippen LogP contribution < -0.4 is 26.2 Å². The van der Waals surface area contributed by atoms with Crippen LogP contribution in [0.25, 0.3) is 11.4 Å². The second-order valence-electron chi connectivity index (χ2n) is 10.7. The molecule has 3 aromatic rings. The van der Waals surface area contributed by atoms with Crippen LogP contribution in [-0.2, 0) is 9.47 Å². The number of hydrogen-bond acceptors (Lipinski definition) is 10. The minimum absolute atomic E-state index is 0.0312. The molecule has 3 fully saturated rings. The molecule has 13 nitrogen and oxygen atoms in total. The van der Waals surface area contributed by atoms with E-state index in [-0.39, 0.29) is 18.0 Å². The highest BCUT2D eigenvalue weighted by Crippen LogP contribution is 2.25. The number of nitrogens with one attached hydrogen (secondary N) is 2. The molecule has 3 amide bonds. The van der Waals surface area contributed by atoms with Crippen LogP contribution in [0.1, 0.15) is 23.2 Å². The SMILES string of the molecule is NC[C@@H]1CCCN1C(=O)c1ccc(NC(=O)Nc2ccc(-c3nc(N4CCOCC4)nc(N4CCOCC4)n3)cc2)cc1. The van der Waals surface area contributed by atoms with Crippen LogP contribution in [0.15, 0.2) is 48.5 Å². The number of aromatic nitrogens is 3. The van der Waals surface area contributed by atoms with E-state index in [4.69, 9.17) is 30.2 Å². The molecule has 0 bridgehead atoms. The molecule has 3 saturated heterocycles. The van der Waals surface area contributed by atoms with E-state index in [2.05, 4.69) is 20.4 Å². The Balaban J connectivity index is 1.11. The van der Waals surface area contributed by atoms with Crippen LogP contribution in [0.4, 0.5) is 28.1 Å². The fourth-order valence-electron chi connectivity index (χ4n) is 5.50. The maximum absolute atomic E-state index is 12.9. The molecule has 3 aliphatic rings. The zero-order valence-corrected chi connectivity index (χ0v) is 24.1. The Kier molecular flexibility index (Phi) is 8.91. The summed E-state index contributed by atoms with van der Waals surface area (Å²) in [6, 6.07) is 14.0. The lowest BCUT2D eigenvalue weighted by Crippen LogP contribution is -2.40. The van der Waals surface area contributed by atoms with E-state index < -0.39 is 0 Å². The average Bonchev–Trinajstić information content (AvgIpc) is 3.55. The molecule has 0 radical (unpaired) electrons. The summed E-state index contributed by atoms with van der Waals surface area (Å²) in [7, 11) is 0.